The Labute approximate surface area is 146 Å². The van der Waals surface area contributed by atoms with Gasteiger partial charge < -0.3 is 0 Å². The van der Waals surface area contributed by atoms with E-state index < -0.39 is 5.97 Å². The van der Waals surface area contributed by atoms with Gasteiger partial charge in [-0.15, -0.1) is 0 Å². The molecule has 0 saturated heterocycles. The third-order valence-electron chi connectivity index (χ3n) is 4.91. The van der Waals surface area contributed by atoms with Crippen LogP contribution in [-0.2, 0) is 16.2 Å². The highest BCUT2D eigenvalue weighted by Gasteiger charge is 2.28. The van der Waals surface area contributed by atoms with Crippen LogP contribution in [0.15, 0.2) is 24.3 Å². The molecule has 0 amide bonds. The fraction of sp³-hybridized carbons (Fsp3) is 0.619. The van der Waals surface area contributed by atoms with Crippen molar-refractivity contribution in [1.29, 1.82) is 0 Å². The van der Waals surface area contributed by atoms with Gasteiger partial charge in [-0.25, -0.2) is 4.79 Å². The highest BCUT2D eigenvalue weighted by Crippen LogP contribution is 2.34. The van der Waals surface area contributed by atoms with Crippen LogP contribution in [-0.4, -0.2) is 5.97 Å². The minimum Gasteiger partial charge on any atom is -0.292 e. The van der Waals surface area contributed by atoms with E-state index in [1.54, 1.807) is 0 Å². The van der Waals surface area contributed by atoms with E-state index in [1.165, 1.54) is 37.7 Å². The Morgan fingerprint density at radius 2 is 1.88 bits per heavy atom. The van der Waals surface area contributed by atoms with Gasteiger partial charge in [0.1, 0.15) is 0 Å². The molecule has 0 aromatic heterocycles. The Hall–Kier alpha value is -1.35. The molecule has 1 fully saturated rings. The number of carbonyl (C=O) groups excluding carboxylic acids is 1. The Kier molecular flexibility index (Phi) is 8.31. The molecule has 2 rings (SSSR count). The van der Waals surface area contributed by atoms with Crippen LogP contribution in [0.1, 0.15) is 87.6 Å². The summed E-state index contributed by atoms with van der Waals surface area (Å²) in [5, 5.41) is 0. The minimum absolute atomic E-state index is 0.402. The smallest absolute Gasteiger partial charge is 0.292 e. The molecular formula is C21H31O3. The first-order chi connectivity index (χ1) is 11.7. The molecule has 133 valence electrons. The SMILES string of the molecule is CCCCCCc1ccc(C(=O)OO[C]2CCCCC2CC)cc1. The first-order valence-electron chi connectivity index (χ1n) is 9.58. The molecule has 0 aliphatic heterocycles. The summed E-state index contributed by atoms with van der Waals surface area (Å²) in [6.07, 6.45) is 12.5. The third kappa shape index (κ3) is 5.94. The van der Waals surface area contributed by atoms with Gasteiger partial charge >= 0.3 is 5.97 Å². The van der Waals surface area contributed by atoms with E-state index in [0.29, 0.717) is 11.5 Å². The highest BCUT2D eigenvalue weighted by atomic mass is 17.2. The first-order valence-corrected chi connectivity index (χ1v) is 9.58. The van der Waals surface area contributed by atoms with Gasteiger partial charge in [0.15, 0.2) is 6.10 Å². The van der Waals surface area contributed by atoms with Crippen LogP contribution in [0.5, 0.6) is 0 Å². The van der Waals surface area contributed by atoms with Crippen LogP contribution in [0.25, 0.3) is 0 Å². The molecule has 1 aliphatic rings. The Morgan fingerprint density at radius 3 is 2.58 bits per heavy atom. The van der Waals surface area contributed by atoms with E-state index in [1.807, 2.05) is 24.3 Å². The van der Waals surface area contributed by atoms with E-state index in [-0.39, 0.29) is 0 Å². The zero-order valence-electron chi connectivity index (χ0n) is 15.2. The minimum atomic E-state index is -0.402. The number of aryl methyl sites for hydroxylation is 1. The maximum absolute atomic E-state index is 12.1. The zero-order chi connectivity index (χ0) is 17.2. The average molecular weight is 331 g/mol. The van der Waals surface area contributed by atoms with E-state index in [4.69, 9.17) is 9.78 Å². The maximum Gasteiger partial charge on any atom is 0.373 e. The topological polar surface area (TPSA) is 35.5 Å². The largest absolute Gasteiger partial charge is 0.373 e. The van der Waals surface area contributed by atoms with Crippen molar-refractivity contribution in [2.75, 3.05) is 0 Å². The van der Waals surface area contributed by atoms with Gasteiger partial charge in [-0.05, 0) is 49.3 Å². The zero-order valence-corrected chi connectivity index (χ0v) is 15.2. The molecule has 1 atom stereocenters. The summed E-state index contributed by atoms with van der Waals surface area (Å²) in [5.74, 6) is 0.0255. The number of hydrogen-bond donors (Lipinski definition) is 0. The van der Waals surface area contributed by atoms with Crippen molar-refractivity contribution >= 4 is 5.97 Å². The van der Waals surface area contributed by atoms with Gasteiger partial charge in [0.2, 0.25) is 0 Å². The van der Waals surface area contributed by atoms with Gasteiger partial charge in [0.25, 0.3) is 0 Å². The van der Waals surface area contributed by atoms with Gasteiger partial charge in [0.05, 0.1) is 5.56 Å². The van der Waals surface area contributed by atoms with Crippen molar-refractivity contribution in [2.24, 2.45) is 5.92 Å². The number of benzene rings is 1. The van der Waals surface area contributed by atoms with Crippen LogP contribution < -0.4 is 0 Å². The molecular weight excluding hydrogens is 300 g/mol. The van der Waals surface area contributed by atoms with Crippen molar-refractivity contribution < 1.29 is 14.6 Å². The number of unbranched alkanes of at least 4 members (excludes halogenated alkanes) is 3. The lowest BCUT2D eigenvalue weighted by Gasteiger charge is -2.27. The molecule has 1 aliphatic carbocycles. The summed E-state index contributed by atoms with van der Waals surface area (Å²) >= 11 is 0. The summed E-state index contributed by atoms with van der Waals surface area (Å²) in [6, 6.07) is 7.71. The van der Waals surface area contributed by atoms with E-state index in [0.717, 1.165) is 38.2 Å². The second-order valence-electron chi connectivity index (χ2n) is 6.78. The summed E-state index contributed by atoms with van der Waals surface area (Å²) in [5.41, 5.74) is 1.83. The Bertz CT molecular complexity index is 480. The molecule has 24 heavy (non-hydrogen) atoms. The summed E-state index contributed by atoms with van der Waals surface area (Å²) in [4.78, 5) is 22.6. The number of carbonyl (C=O) groups is 1. The molecule has 3 nitrogen and oxygen atoms in total. The van der Waals surface area contributed by atoms with Crippen molar-refractivity contribution in [3.63, 3.8) is 0 Å². The van der Waals surface area contributed by atoms with Crippen molar-refractivity contribution in [2.45, 2.75) is 78.1 Å². The van der Waals surface area contributed by atoms with Crippen molar-refractivity contribution in [3.05, 3.63) is 41.5 Å². The van der Waals surface area contributed by atoms with Crippen LogP contribution in [0.3, 0.4) is 0 Å². The molecule has 0 bridgehead atoms. The first kappa shape index (κ1) is 19.0. The van der Waals surface area contributed by atoms with Crippen LogP contribution in [0.4, 0.5) is 0 Å². The molecule has 0 N–H and O–H groups in total. The molecule has 1 aromatic carbocycles. The molecule has 0 spiro atoms. The normalized spacial score (nSPS) is 18.5. The van der Waals surface area contributed by atoms with E-state index in [9.17, 15) is 4.79 Å². The highest BCUT2D eigenvalue weighted by molar-refractivity contribution is 5.88. The predicted octanol–water partition coefficient (Wildman–Crippen LogP) is 6.03. The van der Waals surface area contributed by atoms with Crippen LogP contribution in [0.2, 0.25) is 0 Å². The lowest BCUT2D eigenvalue weighted by atomic mass is 9.85. The van der Waals surface area contributed by atoms with Gasteiger partial charge in [-0.1, -0.05) is 64.5 Å². The van der Waals surface area contributed by atoms with Gasteiger partial charge in [-0.3, -0.25) is 4.89 Å². The molecule has 0 heterocycles. The second kappa shape index (κ2) is 10.5. The maximum atomic E-state index is 12.1. The van der Waals surface area contributed by atoms with Gasteiger partial charge in [0, 0.05) is 0 Å². The standard InChI is InChI=1S/C21H31O3/c1-3-5-6-7-10-17-13-15-19(16-14-17)21(22)24-23-20-12-9-8-11-18(20)4-2/h13-16,18H,3-12H2,1-2H3. The lowest BCUT2D eigenvalue weighted by molar-refractivity contribution is -0.247. The van der Waals surface area contributed by atoms with Gasteiger partial charge in [-0.2, -0.15) is 4.89 Å². The van der Waals surface area contributed by atoms with Crippen molar-refractivity contribution in [3.8, 4) is 0 Å². The molecule has 1 radical (unpaired) electrons. The lowest BCUT2D eigenvalue weighted by Crippen LogP contribution is -2.21. The second-order valence-corrected chi connectivity index (χ2v) is 6.78. The fourth-order valence-corrected chi connectivity index (χ4v) is 3.30. The summed E-state index contributed by atoms with van der Waals surface area (Å²) in [6.45, 7) is 4.37. The Morgan fingerprint density at radius 1 is 1.08 bits per heavy atom. The average Bonchev–Trinajstić information content (AvgIpc) is 2.64. The third-order valence-corrected chi connectivity index (χ3v) is 4.91. The number of hydrogen-bond acceptors (Lipinski definition) is 3. The molecule has 3 heteroatoms. The summed E-state index contributed by atoms with van der Waals surface area (Å²) < 4.78 is 0. The fourth-order valence-electron chi connectivity index (χ4n) is 3.30. The molecule has 1 unspecified atom stereocenters. The molecule has 1 saturated carbocycles. The van der Waals surface area contributed by atoms with Crippen LogP contribution in [0, 0.1) is 12.0 Å². The molecule has 1 aromatic rings. The Balaban J connectivity index is 1.77. The van der Waals surface area contributed by atoms with Crippen molar-refractivity contribution in [1.82, 2.24) is 0 Å². The summed E-state index contributed by atoms with van der Waals surface area (Å²) in [7, 11) is 0. The van der Waals surface area contributed by atoms with E-state index in [2.05, 4.69) is 13.8 Å². The van der Waals surface area contributed by atoms with E-state index >= 15 is 0 Å². The monoisotopic (exact) mass is 331 g/mol. The van der Waals surface area contributed by atoms with Crippen LogP contribution >= 0.6 is 0 Å². The predicted molar refractivity (Wildman–Crippen MR) is 96.3 cm³/mol. The number of rotatable bonds is 9. The quantitative estimate of drug-likeness (QED) is 0.315.